The molecule has 7 heteroatoms. The third-order valence-corrected chi connectivity index (χ3v) is 4.17. The van der Waals surface area contributed by atoms with E-state index in [9.17, 15) is 14.9 Å². The van der Waals surface area contributed by atoms with E-state index in [2.05, 4.69) is 12.2 Å². The predicted octanol–water partition coefficient (Wildman–Crippen LogP) is 3.32. The molecule has 22 heavy (non-hydrogen) atoms. The Hall–Kier alpha value is -1.82. The molecule has 1 aromatic carbocycles. The third kappa shape index (κ3) is 4.34. The number of hydrogen-bond acceptors (Lipinski definition) is 4. The van der Waals surface area contributed by atoms with Gasteiger partial charge in [-0.05, 0) is 30.9 Å². The molecule has 0 bridgehead atoms. The fraction of sp³-hybridized carbons (Fsp3) is 0.533. The summed E-state index contributed by atoms with van der Waals surface area (Å²) in [5.41, 5.74) is -0.244. The van der Waals surface area contributed by atoms with Crippen LogP contribution in [0.1, 0.15) is 32.6 Å². The zero-order valence-corrected chi connectivity index (χ0v) is 13.1. The number of nitrogens with one attached hydrogen (secondary N) is 1. The molecular formula is C15H19ClN2O4. The summed E-state index contributed by atoms with van der Waals surface area (Å²) in [4.78, 5) is 22.3. The molecule has 1 saturated carbocycles. The standard InChI is InChI=1S/C15H19ClN2O4/c1-10-4-2-3-5-12(10)17-15(19)9-22-14-7-6-11(16)8-13(14)18(20)21/h6-8,10,12H,2-5,9H2,1H3,(H,17,19)/t10-,12+/m1/s1. The molecule has 2 atom stereocenters. The van der Waals surface area contributed by atoms with Crippen LogP contribution >= 0.6 is 11.6 Å². The summed E-state index contributed by atoms with van der Waals surface area (Å²) in [5.74, 6) is 0.229. The smallest absolute Gasteiger partial charge is 0.312 e. The molecule has 0 spiro atoms. The van der Waals surface area contributed by atoms with Crippen LogP contribution in [-0.4, -0.2) is 23.5 Å². The van der Waals surface area contributed by atoms with Crippen molar-refractivity contribution in [3.8, 4) is 5.75 Å². The van der Waals surface area contributed by atoms with E-state index < -0.39 is 4.92 Å². The van der Waals surface area contributed by atoms with E-state index in [-0.39, 0.29) is 35.0 Å². The van der Waals surface area contributed by atoms with Crippen molar-refractivity contribution in [2.45, 2.75) is 38.6 Å². The maximum absolute atomic E-state index is 11.9. The Bertz CT molecular complexity index is 564. The van der Waals surface area contributed by atoms with Crippen molar-refractivity contribution in [2.75, 3.05) is 6.61 Å². The zero-order valence-electron chi connectivity index (χ0n) is 12.4. The molecule has 1 amide bonds. The summed E-state index contributed by atoms with van der Waals surface area (Å²) in [6.07, 6.45) is 4.38. The number of amides is 1. The molecule has 0 aliphatic heterocycles. The lowest BCUT2D eigenvalue weighted by Crippen LogP contribution is -2.43. The molecule has 1 aliphatic carbocycles. The molecule has 1 N–H and O–H groups in total. The maximum atomic E-state index is 11.9. The Morgan fingerprint density at radius 1 is 1.45 bits per heavy atom. The van der Waals surface area contributed by atoms with Gasteiger partial charge < -0.3 is 10.1 Å². The van der Waals surface area contributed by atoms with Gasteiger partial charge in [0.05, 0.1) is 4.92 Å². The summed E-state index contributed by atoms with van der Waals surface area (Å²) in [5, 5.41) is 14.1. The highest BCUT2D eigenvalue weighted by molar-refractivity contribution is 6.30. The number of hydrogen-bond donors (Lipinski definition) is 1. The minimum absolute atomic E-state index is 0.0428. The number of carbonyl (C=O) groups excluding carboxylic acids is 1. The van der Waals surface area contributed by atoms with E-state index in [1.807, 2.05) is 0 Å². The summed E-state index contributed by atoms with van der Waals surface area (Å²) in [6, 6.07) is 4.25. The van der Waals surface area contributed by atoms with Crippen LogP contribution in [0.3, 0.4) is 0 Å². The van der Waals surface area contributed by atoms with Crippen LogP contribution < -0.4 is 10.1 Å². The van der Waals surface area contributed by atoms with Crippen LogP contribution in [0.5, 0.6) is 5.75 Å². The summed E-state index contributed by atoms with van der Waals surface area (Å²) < 4.78 is 5.28. The van der Waals surface area contributed by atoms with Gasteiger partial charge in [-0.1, -0.05) is 31.4 Å². The first-order valence-electron chi connectivity index (χ1n) is 7.33. The van der Waals surface area contributed by atoms with Crippen molar-refractivity contribution in [3.05, 3.63) is 33.3 Å². The van der Waals surface area contributed by atoms with Crippen LogP contribution in [0.25, 0.3) is 0 Å². The fourth-order valence-electron chi connectivity index (χ4n) is 2.68. The Morgan fingerprint density at radius 3 is 2.86 bits per heavy atom. The van der Waals surface area contributed by atoms with Crippen LogP contribution in [0, 0.1) is 16.0 Å². The molecule has 0 unspecified atom stereocenters. The summed E-state index contributed by atoms with van der Waals surface area (Å²) in [7, 11) is 0. The van der Waals surface area contributed by atoms with Crippen molar-refractivity contribution >= 4 is 23.2 Å². The van der Waals surface area contributed by atoms with Gasteiger partial charge in [0.1, 0.15) is 0 Å². The molecule has 1 aromatic rings. The van der Waals surface area contributed by atoms with Crippen molar-refractivity contribution in [3.63, 3.8) is 0 Å². The van der Waals surface area contributed by atoms with Gasteiger partial charge in [0.15, 0.2) is 12.4 Å². The van der Waals surface area contributed by atoms with Crippen LogP contribution in [0.15, 0.2) is 18.2 Å². The minimum Gasteiger partial charge on any atom is -0.477 e. The lowest BCUT2D eigenvalue weighted by atomic mass is 9.86. The van der Waals surface area contributed by atoms with Gasteiger partial charge in [-0.25, -0.2) is 0 Å². The fourth-order valence-corrected chi connectivity index (χ4v) is 2.84. The van der Waals surface area contributed by atoms with Crippen LogP contribution in [-0.2, 0) is 4.79 Å². The first kappa shape index (κ1) is 16.5. The van der Waals surface area contributed by atoms with Crippen LogP contribution in [0.2, 0.25) is 5.02 Å². The molecule has 120 valence electrons. The first-order chi connectivity index (χ1) is 10.5. The topological polar surface area (TPSA) is 81.5 Å². The Kier molecular flexibility index (Phi) is 5.60. The second-order valence-electron chi connectivity index (χ2n) is 5.59. The second kappa shape index (κ2) is 7.45. The number of ether oxygens (including phenoxy) is 1. The Labute approximate surface area is 133 Å². The van der Waals surface area contributed by atoms with Gasteiger partial charge >= 0.3 is 5.69 Å². The van der Waals surface area contributed by atoms with E-state index in [0.717, 1.165) is 19.3 Å². The highest BCUT2D eigenvalue weighted by Gasteiger charge is 2.23. The number of benzene rings is 1. The van der Waals surface area contributed by atoms with Gasteiger partial charge in [0.2, 0.25) is 0 Å². The highest BCUT2D eigenvalue weighted by atomic mass is 35.5. The average Bonchev–Trinajstić information content (AvgIpc) is 2.48. The van der Waals surface area contributed by atoms with E-state index in [1.165, 1.54) is 24.6 Å². The Balaban J connectivity index is 1.92. The zero-order chi connectivity index (χ0) is 16.1. The first-order valence-corrected chi connectivity index (χ1v) is 7.71. The van der Waals surface area contributed by atoms with E-state index in [4.69, 9.17) is 16.3 Å². The molecule has 0 heterocycles. The van der Waals surface area contributed by atoms with Crippen LogP contribution in [0.4, 0.5) is 5.69 Å². The van der Waals surface area contributed by atoms with Crippen molar-refractivity contribution in [1.29, 1.82) is 0 Å². The third-order valence-electron chi connectivity index (χ3n) is 3.93. The molecule has 1 aliphatic rings. The molecule has 2 rings (SSSR count). The summed E-state index contributed by atoms with van der Waals surface area (Å²) in [6.45, 7) is 1.88. The van der Waals surface area contributed by atoms with Crippen molar-refractivity contribution in [2.24, 2.45) is 5.92 Å². The number of nitrogens with zero attached hydrogens (tertiary/aromatic N) is 1. The number of carbonyl (C=O) groups is 1. The van der Waals surface area contributed by atoms with E-state index >= 15 is 0 Å². The highest BCUT2D eigenvalue weighted by Crippen LogP contribution is 2.30. The normalized spacial score (nSPS) is 21.2. The average molecular weight is 327 g/mol. The van der Waals surface area contributed by atoms with Gasteiger partial charge in [-0.15, -0.1) is 0 Å². The van der Waals surface area contributed by atoms with E-state index in [1.54, 1.807) is 0 Å². The van der Waals surface area contributed by atoms with E-state index in [0.29, 0.717) is 5.92 Å². The predicted molar refractivity (Wildman–Crippen MR) is 83.2 cm³/mol. The monoisotopic (exact) mass is 326 g/mol. The number of nitro groups is 1. The summed E-state index contributed by atoms with van der Waals surface area (Å²) >= 11 is 5.73. The molecule has 0 saturated heterocycles. The number of rotatable bonds is 5. The van der Waals surface area contributed by atoms with Gasteiger partial charge in [0, 0.05) is 17.1 Å². The maximum Gasteiger partial charge on any atom is 0.312 e. The SMILES string of the molecule is C[C@@H]1CCCC[C@@H]1NC(=O)COc1ccc(Cl)cc1[N+](=O)[O-]. The number of halogens is 1. The van der Waals surface area contributed by atoms with Crippen molar-refractivity contribution in [1.82, 2.24) is 5.32 Å². The molecule has 0 aromatic heterocycles. The van der Waals surface area contributed by atoms with Gasteiger partial charge in [0.25, 0.3) is 5.91 Å². The van der Waals surface area contributed by atoms with Gasteiger partial charge in [-0.3, -0.25) is 14.9 Å². The quantitative estimate of drug-likeness (QED) is 0.664. The molecule has 6 nitrogen and oxygen atoms in total. The van der Waals surface area contributed by atoms with Gasteiger partial charge in [-0.2, -0.15) is 0 Å². The number of nitro benzene ring substituents is 1. The lowest BCUT2D eigenvalue weighted by molar-refractivity contribution is -0.385. The molecular weight excluding hydrogens is 308 g/mol. The molecule has 0 radical (unpaired) electrons. The largest absolute Gasteiger partial charge is 0.477 e. The molecule has 1 fully saturated rings. The lowest BCUT2D eigenvalue weighted by Gasteiger charge is -2.29. The Morgan fingerprint density at radius 2 is 2.18 bits per heavy atom. The minimum atomic E-state index is -0.581. The second-order valence-corrected chi connectivity index (χ2v) is 6.03. The van der Waals surface area contributed by atoms with Crippen molar-refractivity contribution < 1.29 is 14.5 Å².